The van der Waals surface area contributed by atoms with Gasteiger partial charge in [0.2, 0.25) is 0 Å². The van der Waals surface area contributed by atoms with Gasteiger partial charge in [0.05, 0.1) is 5.69 Å². The zero-order chi connectivity index (χ0) is 29.9. The van der Waals surface area contributed by atoms with Crippen LogP contribution >= 0.6 is 0 Å². The number of benzene rings is 1. The summed E-state index contributed by atoms with van der Waals surface area (Å²) in [5.41, 5.74) is 6.02. The van der Waals surface area contributed by atoms with Gasteiger partial charge in [0.1, 0.15) is 0 Å². The van der Waals surface area contributed by atoms with E-state index in [2.05, 4.69) is 42.5 Å². The van der Waals surface area contributed by atoms with Crippen LogP contribution in [0, 0.1) is 94.7 Å². The normalized spacial score (nSPS) is 51.4. The van der Waals surface area contributed by atoms with E-state index in [1.54, 1.807) is 93.9 Å². The lowest BCUT2D eigenvalue weighted by Crippen LogP contribution is -2.48. The van der Waals surface area contributed by atoms with Crippen molar-refractivity contribution in [1.29, 1.82) is 0 Å². The summed E-state index contributed by atoms with van der Waals surface area (Å²) in [4.78, 5) is 5.72. The molecule has 0 aromatic heterocycles. The van der Waals surface area contributed by atoms with Crippen molar-refractivity contribution >= 4 is 11.4 Å². The highest BCUT2D eigenvalue weighted by atomic mass is 14.8. The predicted octanol–water partition coefficient (Wildman–Crippen LogP) is 11.4. The summed E-state index contributed by atoms with van der Waals surface area (Å²) < 4.78 is 0. The third kappa shape index (κ3) is 3.96. The Bertz CT molecular complexity index is 1450. The Balaban J connectivity index is 1.08. The molecule has 0 saturated heterocycles. The molecule has 0 amide bonds. The van der Waals surface area contributed by atoms with Gasteiger partial charge >= 0.3 is 0 Å². The van der Waals surface area contributed by atoms with Gasteiger partial charge in [0, 0.05) is 11.6 Å². The third-order valence-corrected chi connectivity index (χ3v) is 17.7. The maximum atomic E-state index is 5.72. The summed E-state index contributed by atoms with van der Waals surface area (Å²) >= 11 is 0. The molecule has 1 nitrogen and oxygen atoms in total. The van der Waals surface area contributed by atoms with E-state index in [0.29, 0.717) is 5.92 Å². The number of rotatable bonds is 2. The first-order valence-corrected chi connectivity index (χ1v) is 20.9. The van der Waals surface area contributed by atoms with Gasteiger partial charge < -0.3 is 0 Å². The van der Waals surface area contributed by atoms with Crippen molar-refractivity contribution in [3.05, 3.63) is 53.6 Å². The molecule has 9 aliphatic carbocycles. The van der Waals surface area contributed by atoms with Gasteiger partial charge in [-0.05, 0) is 177 Å². The molecule has 11 rings (SSSR count). The lowest BCUT2D eigenvalue weighted by Gasteiger charge is -2.54. The van der Waals surface area contributed by atoms with E-state index >= 15 is 0 Å². The zero-order valence-electron chi connectivity index (χ0n) is 28.5. The van der Waals surface area contributed by atoms with Crippen LogP contribution in [0.25, 0.3) is 0 Å². The Hall–Kier alpha value is -1.63. The standard InChI is InChI=1S/C45H59N/c1-2-12-26(13-3-1)45-37(25-28-15-5-9-23-38(28)46-45)42-35-22-11-21-34-40-31-18-8-7-17-30(31)32-19-10-20-33(39(32)40)36-24-27-14-4-6-16-29(27)43(42)44(36)41(34)35/h1-2,5,9,12,15,23,27,29-37,39-44H,3-4,6-8,10-11,13-14,16-22,24-25H2. The van der Waals surface area contributed by atoms with Crippen LogP contribution < -0.4 is 0 Å². The van der Waals surface area contributed by atoms with E-state index in [1.807, 2.05) is 0 Å². The fourth-order valence-electron chi connectivity index (χ4n) is 17.0. The van der Waals surface area contributed by atoms with E-state index in [-0.39, 0.29) is 0 Å². The summed E-state index contributed by atoms with van der Waals surface area (Å²) in [6.45, 7) is 0. The minimum atomic E-state index is 0.649. The lowest BCUT2D eigenvalue weighted by atomic mass is 9.51. The minimum Gasteiger partial charge on any atom is -0.253 e. The number of para-hydroxylation sites is 1. The number of hydrogen-bond acceptors (Lipinski definition) is 1. The Morgan fingerprint density at radius 1 is 0.543 bits per heavy atom. The number of aliphatic imine (C=N–C) groups is 1. The minimum absolute atomic E-state index is 0.649. The van der Waals surface area contributed by atoms with Crippen molar-refractivity contribution in [1.82, 2.24) is 0 Å². The molecule has 0 bridgehead atoms. The molecule has 244 valence electrons. The molecule has 0 N–H and O–H groups in total. The van der Waals surface area contributed by atoms with Crippen molar-refractivity contribution in [3.63, 3.8) is 0 Å². The molecule has 0 spiro atoms. The fraction of sp³-hybridized carbons (Fsp3) is 0.756. The topological polar surface area (TPSA) is 12.4 Å². The number of fused-ring (bicyclic) bond motifs is 8. The van der Waals surface area contributed by atoms with Crippen molar-refractivity contribution in [2.45, 2.75) is 116 Å². The third-order valence-electron chi connectivity index (χ3n) is 17.7. The quantitative estimate of drug-likeness (QED) is 0.315. The fourth-order valence-corrected chi connectivity index (χ4v) is 17.0. The molecule has 10 aliphatic rings. The summed E-state index contributed by atoms with van der Waals surface area (Å²) in [6, 6.07) is 9.33. The van der Waals surface area contributed by atoms with Crippen LogP contribution in [0.1, 0.15) is 115 Å². The molecule has 1 heterocycles. The van der Waals surface area contributed by atoms with Crippen molar-refractivity contribution in [2.75, 3.05) is 0 Å². The van der Waals surface area contributed by atoms with Crippen LogP contribution in [0.4, 0.5) is 5.69 Å². The Morgan fingerprint density at radius 2 is 1.17 bits per heavy atom. The maximum absolute atomic E-state index is 5.72. The van der Waals surface area contributed by atoms with Crippen molar-refractivity contribution < 1.29 is 0 Å². The van der Waals surface area contributed by atoms with Crippen LogP contribution in [-0.4, -0.2) is 5.71 Å². The molecular formula is C45H59N. The molecule has 1 aliphatic heterocycles. The molecule has 46 heavy (non-hydrogen) atoms. The van der Waals surface area contributed by atoms with Crippen molar-refractivity contribution in [3.8, 4) is 0 Å². The van der Waals surface area contributed by atoms with Crippen molar-refractivity contribution in [2.24, 2.45) is 99.7 Å². The average Bonchev–Trinajstić information content (AvgIpc) is 3.61. The average molecular weight is 614 g/mol. The summed E-state index contributed by atoms with van der Waals surface area (Å²) in [6.07, 6.45) is 34.5. The summed E-state index contributed by atoms with van der Waals surface area (Å²) in [7, 11) is 0. The number of nitrogens with zero attached hydrogens (tertiary/aromatic N) is 1. The van der Waals surface area contributed by atoms with Gasteiger partial charge in [-0.2, -0.15) is 0 Å². The maximum Gasteiger partial charge on any atom is 0.0665 e. The van der Waals surface area contributed by atoms with Crippen LogP contribution in [0.3, 0.4) is 0 Å². The van der Waals surface area contributed by atoms with E-state index in [9.17, 15) is 0 Å². The smallest absolute Gasteiger partial charge is 0.0665 e. The molecular weight excluding hydrogens is 555 g/mol. The highest BCUT2D eigenvalue weighted by molar-refractivity contribution is 6.05. The largest absolute Gasteiger partial charge is 0.253 e. The second-order valence-electron chi connectivity index (χ2n) is 18.8. The molecule has 16 unspecified atom stereocenters. The van der Waals surface area contributed by atoms with Gasteiger partial charge in [-0.25, -0.2) is 0 Å². The number of allylic oxidation sites excluding steroid dienone is 4. The number of hydrogen-bond donors (Lipinski definition) is 0. The predicted molar refractivity (Wildman–Crippen MR) is 189 cm³/mol. The van der Waals surface area contributed by atoms with Gasteiger partial charge in [0.15, 0.2) is 0 Å². The molecule has 16 atom stereocenters. The van der Waals surface area contributed by atoms with Gasteiger partial charge in [0.25, 0.3) is 0 Å². The molecule has 8 fully saturated rings. The van der Waals surface area contributed by atoms with E-state index in [0.717, 1.165) is 88.8 Å². The molecule has 1 aromatic carbocycles. The second-order valence-corrected chi connectivity index (χ2v) is 18.8. The zero-order valence-corrected chi connectivity index (χ0v) is 28.5. The first-order valence-electron chi connectivity index (χ1n) is 20.9. The van der Waals surface area contributed by atoms with E-state index in [1.165, 1.54) is 44.2 Å². The molecule has 1 heteroatoms. The monoisotopic (exact) mass is 613 g/mol. The van der Waals surface area contributed by atoms with Gasteiger partial charge in [-0.15, -0.1) is 0 Å². The van der Waals surface area contributed by atoms with Gasteiger partial charge in [-0.3, -0.25) is 4.99 Å². The Kier molecular flexibility index (Phi) is 6.71. The van der Waals surface area contributed by atoms with E-state index < -0.39 is 0 Å². The second kappa shape index (κ2) is 10.9. The van der Waals surface area contributed by atoms with Crippen LogP contribution in [-0.2, 0) is 6.42 Å². The molecule has 1 aromatic rings. The lowest BCUT2D eigenvalue weighted by molar-refractivity contribution is -0.0485. The van der Waals surface area contributed by atoms with Crippen LogP contribution in [0.2, 0.25) is 0 Å². The molecule has 0 radical (unpaired) electrons. The summed E-state index contributed by atoms with van der Waals surface area (Å²) in [5.74, 6) is 16.4. The highest BCUT2D eigenvalue weighted by Crippen LogP contribution is 2.75. The highest BCUT2D eigenvalue weighted by Gasteiger charge is 2.70. The van der Waals surface area contributed by atoms with Crippen LogP contribution in [0.15, 0.2) is 53.1 Å². The van der Waals surface area contributed by atoms with E-state index in [4.69, 9.17) is 4.99 Å². The first-order chi connectivity index (χ1) is 22.8. The van der Waals surface area contributed by atoms with Crippen LogP contribution in [0.5, 0.6) is 0 Å². The molecule has 8 saturated carbocycles. The summed E-state index contributed by atoms with van der Waals surface area (Å²) in [5, 5.41) is 0. The van der Waals surface area contributed by atoms with Gasteiger partial charge in [-0.1, -0.05) is 81.4 Å². The first kappa shape index (κ1) is 28.2. The Morgan fingerprint density at radius 3 is 2.00 bits per heavy atom. The SMILES string of the molecule is C1=CCCC(C2=Nc3ccccc3CC2C2C3CCCC4C5C6CCCCC6C6CCCC(C7CC8CCCCC8C2C7C34)C65)=C1. The Labute approximate surface area is 279 Å².